The SMILES string of the molecule is COc1ccc(C(OC[C@H]2O[C@@H](n3cc(C)c(=O)[nH]c3=O)C[C@@H]2OP(=O)(O)O)(c2ccccc2)c2ccc(OC)cc2)cc1. The monoisotopic (exact) mass is 624 g/mol. The predicted octanol–water partition coefficient (Wildman–Crippen LogP) is 3.64. The van der Waals surface area contributed by atoms with Gasteiger partial charge in [0.1, 0.15) is 35.5 Å². The van der Waals surface area contributed by atoms with Crippen LogP contribution in [-0.2, 0) is 24.2 Å². The average Bonchev–Trinajstić information content (AvgIpc) is 3.41. The first-order valence-electron chi connectivity index (χ1n) is 13.7. The molecule has 5 rings (SSSR count). The number of benzene rings is 3. The first-order chi connectivity index (χ1) is 21.0. The maximum Gasteiger partial charge on any atom is 0.469 e. The van der Waals surface area contributed by atoms with Crippen molar-refractivity contribution in [3.63, 3.8) is 0 Å². The van der Waals surface area contributed by atoms with E-state index >= 15 is 0 Å². The van der Waals surface area contributed by atoms with Gasteiger partial charge in [-0.25, -0.2) is 9.36 Å². The fourth-order valence-electron chi connectivity index (χ4n) is 5.39. The van der Waals surface area contributed by atoms with Crippen LogP contribution in [0.2, 0.25) is 0 Å². The molecule has 1 saturated heterocycles. The van der Waals surface area contributed by atoms with Gasteiger partial charge in [-0.05, 0) is 47.9 Å². The predicted molar refractivity (Wildman–Crippen MR) is 160 cm³/mol. The number of methoxy groups -OCH3 is 2. The molecule has 0 saturated carbocycles. The van der Waals surface area contributed by atoms with Gasteiger partial charge in [0.25, 0.3) is 5.56 Å². The molecule has 1 fully saturated rings. The molecule has 1 aliphatic heterocycles. The summed E-state index contributed by atoms with van der Waals surface area (Å²) in [7, 11) is -1.82. The summed E-state index contributed by atoms with van der Waals surface area (Å²) in [5.74, 6) is 1.29. The third-order valence-electron chi connectivity index (χ3n) is 7.55. The van der Waals surface area contributed by atoms with Crippen LogP contribution in [0.1, 0.15) is 34.9 Å². The molecule has 0 aliphatic carbocycles. The lowest BCUT2D eigenvalue weighted by Crippen LogP contribution is -2.38. The van der Waals surface area contributed by atoms with E-state index in [4.69, 9.17) is 23.5 Å². The van der Waals surface area contributed by atoms with Crippen LogP contribution in [0.25, 0.3) is 0 Å². The Balaban J connectivity index is 1.59. The second-order valence-corrected chi connectivity index (χ2v) is 11.5. The van der Waals surface area contributed by atoms with Crippen molar-refractivity contribution < 1.29 is 37.8 Å². The summed E-state index contributed by atoms with van der Waals surface area (Å²) >= 11 is 0. The highest BCUT2D eigenvalue weighted by atomic mass is 31.2. The minimum atomic E-state index is -4.96. The highest BCUT2D eigenvalue weighted by Crippen LogP contribution is 2.46. The summed E-state index contributed by atoms with van der Waals surface area (Å²) in [5, 5.41) is 0. The van der Waals surface area contributed by atoms with Crippen molar-refractivity contribution in [2.24, 2.45) is 0 Å². The molecule has 0 amide bonds. The fourth-order valence-corrected chi connectivity index (χ4v) is 5.96. The molecule has 1 aliphatic rings. The molecule has 0 radical (unpaired) electrons. The molecule has 0 unspecified atom stereocenters. The first-order valence-corrected chi connectivity index (χ1v) is 15.3. The standard InChI is InChI=1S/C31H33N2O10P/c1-20-18-33(30(35)32-29(20)34)28-17-26(43-44(36,37)38)27(42-28)19-41-31(21-7-5-4-6-8-21,22-9-13-24(39-2)14-10-22)23-11-15-25(40-3)16-12-23/h4-16,18,26-28H,17,19H2,1-3H3,(H,32,34,35)(H2,36,37,38)/t26-,27+,28+/m0/s1. The van der Waals surface area contributed by atoms with E-state index in [0.29, 0.717) is 11.5 Å². The number of ether oxygens (including phenoxy) is 4. The average molecular weight is 625 g/mol. The van der Waals surface area contributed by atoms with Crippen LogP contribution in [0.5, 0.6) is 11.5 Å². The second-order valence-electron chi connectivity index (χ2n) is 10.3. The summed E-state index contributed by atoms with van der Waals surface area (Å²) in [6.07, 6.45) is -1.91. The number of nitrogens with zero attached hydrogens (tertiary/aromatic N) is 1. The molecule has 232 valence electrons. The van der Waals surface area contributed by atoms with Crippen LogP contribution >= 0.6 is 7.82 Å². The van der Waals surface area contributed by atoms with Crippen LogP contribution in [0.15, 0.2) is 94.6 Å². The Kier molecular flexibility index (Phi) is 9.21. The molecule has 44 heavy (non-hydrogen) atoms. The third kappa shape index (κ3) is 6.56. The molecule has 3 aromatic carbocycles. The van der Waals surface area contributed by atoms with Crippen LogP contribution in [0.4, 0.5) is 0 Å². The van der Waals surface area contributed by atoms with Gasteiger partial charge in [0.2, 0.25) is 0 Å². The second kappa shape index (κ2) is 12.9. The van der Waals surface area contributed by atoms with Gasteiger partial charge in [-0.15, -0.1) is 0 Å². The van der Waals surface area contributed by atoms with Crippen molar-refractivity contribution in [3.05, 3.63) is 128 Å². The molecule has 12 nitrogen and oxygen atoms in total. The van der Waals surface area contributed by atoms with Crippen molar-refractivity contribution in [2.45, 2.75) is 37.4 Å². The zero-order valence-electron chi connectivity index (χ0n) is 24.3. The molecule has 0 spiro atoms. The Morgan fingerprint density at radius 3 is 1.98 bits per heavy atom. The molecular formula is C31H33N2O10P. The minimum Gasteiger partial charge on any atom is -0.497 e. The van der Waals surface area contributed by atoms with Crippen LogP contribution < -0.4 is 20.7 Å². The summed E-state index contributed by atoms with van der Waals surface area (Å²) < 4.78 is 42.1. The quantitative estimate of drug-likeness (QED) is 0.166. The van der Waals surface area contributed by atoms with Crippen molar-refractivity contribution in [3.8, 4) is 11.5 Å². The van der Waals surface area contributed by atoms with Gasteiger partial charge in [0, 0.05) is 18.2 Å². The number of phosphoric ester groups is 1. The van der Waals surface area contributed by atoms with Crippen molar-refractivity contribution in [1.29, 1.82) is 0 Å². The summed E-state index contributed by atoms with van der Waals surface area (Å²) in [5.41, 5.74) is 0.0100. The highest BCUT2D eigenvalue weighted by molar-refractivity contribution is 7.46. The Morgan fingerprint density at radius 1 is 0.909 bits per heavy atom. The third-order valence-corrected chi connectivity index (χ3v) is 8.09. The van der Waals surface area contributed by atoms with Crippen LogP contribution in [-0.4, -0.2) is 52.4 Å². The molecule has 13 heteroatoms. The largest absolute Gasteiger partial charge is 0.497 e. The summed E-state index contributed by atoms with van der Waals surface area (Å²) in [6.45, 7) is 1.33. The zero-order chi connectivity index (χ0) is 31.5. The van der Waals surface area contributed by atoms with E-state index in [0.717, 1.165) is 16.7 Å². The number of phosphoric acid groups is 1. The van der Waals surface area contributed by atoms with Crippen molar-refractivity contribution >= 4 is 7.82 Å². The zero-order valence-corrected chi connectivity index (χ0v) is 25.2. The van der Waals surface area contributed by atoms with E-state index in [-0.39, 0.29) is 18.6 Å². The molecule has 0 bridgehead atoms. The van der Waals surface area contributed by atoms with E-state index in [9.17, 15) is 23.9 Å². The Labute approximate surface area is 253 Å². The number of hydrogen-bond donors (Lipinski definition) is 3. The summed E-state index contributed by atoms with van der Waals surface area (Å²) in [4.78, 5) is 46.2. The Hall–Kier alpha value is -4.03. The maximum absolute atomic E-state index is 12.6. The maximum atomic E-state index is 12.6. The van der Waals surface area contributed by atoms with Crippen LogP contribution in [0, 0.1) is 6.92 Å². The number of H-pyrrole nitrogens is 1. The van der Waals surface area contributed by atoms with Gasteiger partial charge < -0.3 is 28.7 Å². The van der Waals surface area contributed by atoms with E-state index in [1.165, 1.54) is 17.7 Å². The lowest BCUT2D eigenvalue weighted by Gasteiger charge is -2.37. The minimum absolute atomic E-state index is 0.0893. The molecule has 3 atom stereocenters. The molecule has 3 N–H and O–H groups in total. The summed E-state index contributed by atoms with van der Waals surface area (Å²) in [6, 6.07) is 24.2. The molecule has 4 aromatic rings. The molecular weight excluding hydrogens is 591 g/mol. The number of aryl methyl sites for hydroxylation is 1. The smallest absolute Gasteiger partial charge is 0.469 e. The number of rotatable bonds is 11. The van der Waals surface area contributed by atoms with E-state index < -0.39 is 43.1 Å². The van der Waals surface area contributed by atoms with E-state index in [1.807, 2.05) is 78.9 Å². The highest BCUT2D eigenvalue weighted by Gasteiger charge is 2.44. The molecule has 2 heterocycles. The van der Waals surface area contributed by atoms with Gasteiger partial charge >= 0.3 is 13.5 Å². The fraction of sp³-hybridized carbons (Fsp3) is 0.290. The Morgan fingerprint density at radius 2 is 1.45 bits per heavy atom. The number of hydrogen-bond acceptors (Lipinski definition) is 8. The normalized spacial score (nSPS) is 18.7. The van der Waals surface area contributed by atoms with E-state index in [2.05, 4.69) is 4.98 Å². The lowest BCUT2D eigenvalue weighted by molar-refractivity contribution is -0.0934. The van der Waals surface area contributed by atoms with Gasteiger partial charge in [-0.2, -0.15) is 0 Å². The number of aromatic amines is 1. The van der Waals surface area contributed by atoms with Crippen molar-refractivity contribution in [2.75, 3.05) is 20.8 Å². The van der Waals surface area contributed by atoms with Gasteiger partial charge in [0.05, 0.1) is 20.8 Å². The van der Waals surface area contributed by atoms with Gasteiger partial charge in [0.15, 0.2) is 0 Å². The van der Waals surface area contributed by atoms with Gasteiger partial charge in [-0.1, -0.05) is 54.6 Å². The van der Waals surface area contributed by atoms with Gasteiger partial charge in [-0.3, -0.25) is 18.9 Å². The topological polar surface area (TPSA) is 159 Å². The van der Waals surface area contributed by atoms with Crippen molar-refractivity contribution in [1.82, 2.24) is 9.55 Å². The van der Waals surface area contributed by atoms with E-state index in [1.54, 1.807) is 14.2 Å². The lowest BCUT2D eigenvalue weighted by atomic mass is 9.80. The number of nitrogens with one attached hydrogen (secondary N) is 1. The number of aromatic nitrogens is 2. The first kappa shape index (κ1) is 31.4. The molecule has 1 aromatic heterocycles. The van der Waals surface area contributed by atoms with Crippen LogP contribution in [0.3, 0.4) is 0 Å². The Bertz CT molecular complexity index is 1690.